The molecule has 0 saturated carbocycles. The first-order valence-electron chi connectivity index (χ1n) is 5.93. The van der Waals surface area contributed by atoms with E-state index in [2.05, 4.69) is 4.98 Å². The first-order chi connectivity index (χ1) is 9.79. The van der Waals surface area contributed by atoms with Crippen LogP contribution in [0, 0.1) is 30.9 Å². The van der Waals surface area contributed by atoms with Gasteiger partial charge in [0.1, 0.15) is 5.76 Å². The van der Waals surface area contributed by atoms with Crippen molar-refractivity contribution in [2.75, 3.05) is 0 Å². The molecule has 0 radical (unpaired) electrons. The van der Waals surface area contributed by atoms with Crippen LogP contribution in [0.25, 0.3) is 0 Å². The molecule has 0 amide bonds. The second-order valence-corrected chi connectivity index (χ2v) is 5.40. The molecule has 2 aromatic rings. The first-order valence-corrected chi connectivity index (χ1v) is 6.75. The van der Waals surface area contributed by atoms with Crippen molar-refractivity contribution in [1.29, 1.82) is 0 Å². The molecule has 0 atom stereocenters. The Morgan fingerprint density at radius 2 is 2.05 bits per heavy atom. The minimum absolute atomic E-state index is 0.144. The van der Waals surface area contributed by atoms with Crippen molar-refractivity contribution in [3.05, 3.63) is 44.8 Å². The van der Waals surface area contributed by atoms with Gasteiger partial charge in [0.2, 0.25) is 0 Å². The van der Waals surface area contributed by atoms with Gasteiger partial charge in [-0.1, -0.05) is 0 Å². The van der Waals surface area contributed by atoms with Gasteiger partial charge in [0.05, 0.1) is 16.2 Å². The zero-order valence-electron chi connectivity index (χ0n) is 11.5. The molecule has 21 heavy (non-hydrogen) atoms. The molecule has 0 fully saturated rings. The standard InChI is InChI=1S/C13H12N2O5S/c1-6-10(15(18)19)4-9(12(16)17)5-11(6)21-13-14-7(2)8(3)20-13/h4-5H,1-3H3,(H,16,17). The van der Waals surface area contributed by atoms with E-state index in [0.717, 1.165) is 23.5 Å². The van der Waals surface area contributed by atoms with Crippen molar-refractivity contribution < 1.29 is 19.2 Å². The number of aromatic nitrogens is 1. The Kier molecular flexibility index (Phi) is 3.99. The molecule has 0 saturated heterocycles. The molecule has 1 heterocycles. The molecule has 1 aromatic heterocycles. The smallest absolute Gasteiger partial charge is 0.335 e. The highest BCUT2D eigenvalue weighted by atomic mass is 32.2. The quantitative estimate of drug-likeness (QED) is 0.681. The number of carboxylic acid groups (broad SMARTS) is 1. The molecule has 110 valence electrons. The van der Waals surface area contributed by atoms with Crippen LogP contribution >= 0.6 is 11.8 Å². The van der Waals surface area contributed by atoms with Crippen molar-refractivity contribution in [1.82, 2.24) is 4.98 Å². The first kappa shape index (κ1) is 15.0. The lowest BCUT2D eigenvalue weighted by molar-refractivity contribution is -0.385. The van der Waals surface area contributed by atoms with E-state index in [9.17, 15) is 14.9 Å². The minimum Gasteiger partial charge on any atom is -0.478 e. The van der Waals surface area contributed by atoms with Gasteiger partial charge in [-0.25, -0.2) is 9.78 Å². The summed E-state index contributed by atoms with van der Waals surface area (Å²) in [6, 6.07) is 2.43. The lowest BCUT2D eigenvalue weighted by atomic mass is 10.1. The molecule has 1 aromatic carbocycles. The van der Waals surface area contributed by atoms with E-state index in [1.807, 2.05) is 0 Å². The number of carbonyl (C=O) groups is 1. The van der Waals surface area contributed by atoms with Crippen LogP contribution in [0.15, 0.2) is 26.7 Å². The number of nitro benzene ring substituents is 1. The summed E-state index contributed by atoms with van der Waals surface area (Å²) < 4.78 is 5.41. The van der Waals surface area contributed by atoms with Gasteiger partial charge >= 0.3 is 5.97 Å². The van der Waals surface area contributed by atoms with Crippen molar-refractivity contribution in [2.45, 2.75) is 30.9 Å². The molecule has 7 nitrogen and oxygen atoms in total. The van der Waals surface area contributed by atoms with Crippen LogP contribution in [0.5, 0.6) is 0 Å². The average Bonchev–Trinajstić information content (AvgIpc) is 2.70. The van der Waals surface area contributed by atoms with E-state index in [1.54, 1.807) is 20.8 Å². The fourth-order valence-electron chi connectivity index (χ4n) is 1.67. The van der Waals surface area contributed by atoms with Crippen LogP contribution in [0.4, 0.5) is 5.69 Å². The van der Waals surface area contributed by atoms with E-state index in [-0.39, 0.29) is 11.3 Å². The van der Waals surface area contributed by atoms with Gasteiger partial charge in [0, 0.05) is 16.5 Å². The Bertz CT molecular complexity index is 719. The number of nitrogens with zero attached hydrogens (tertiary/aromatic N) is 2. The Morgan fingerprint density at radius 1 is 1.38 bits per heavy atom. The molecule has 8 heteroatoms. The van der Waals surface area contributed by atoms with Gasteiger partial charge in [-0.05, 0) is 38.6 Å². The third kappa shape index (κ3) is 3.05. The lowest BCUT2D eigenvalue weighted by Crippen LogP contribution is -2.01. The van der Waals surface area contributed by atoms with Gasteiger partial charge in [-0.3, -0.25) is 10.1 Å². The summed E-state index contributed by atoms with van der Waals surface area (Å²) in [7, 11) is 0. The Morgan fingerprint density at radius 3 is 2.52 bits per heavy atom. The van der Waals surface area contributed by atoms with Crippen LogP contribution in [-0.2, 0) is 0 Å². The van der Waals surface area contributed by atoms with Gasteiger partial charge in [0.25, 0.3) is 10.9 Å². The third-order valence-electron chi connectivity index (χ3n) is 2.98. The molecule has 0 aliphatic heterocycles. The summed E-state index contributed by atoms with van der Waals surface area (Å²) in [5.41, 5.74) is 0.717. The topological polar surface area (TPSA) is 106 Å². The van der Waals surface area contributed by atoms with Crippen LogP contribution in [0.3, 0.4) is 0 Å². The van der Waals surface area contributed by atoms with Gasteiger partial charge < -0.3 is 9.52 Å². The van der Waals surface area contributed by atoms with Crippen LogP contribution in [-0.4, -0.2) is 21.0 Å². The van der Waals surface area contributed by atoms with E-state index >= 15 is 0 Å². The van der Waals surface area contributed by atoms with Crippen molar-refractivity contribution in [2.24, 2.45) is 0 Å². The predicted octanol–water partition coefficient (Wildman–Crippen LogP) is 3.36. The maximum absolute atomic E-state index is 11.1. The number of nitro groups is 1. The second-order valence-electron chi connectivity index (χ2n) is 4.40. The van der Waals surface area contributed by atoms with Crippen molar-refractivity contribution >= 4 is 23.4 Å². The number of aromatic carboxylic acids is 1. The summed E-state index contributed by atoms with van der Waals surface area (Å²) >= 11 is 1.07. The van der Waals surface area contributed by atoms with Gasteiger partial charge in [-0.15, -0.1) is 0 Å². The number of hydrogen-bond donors (Lipinski definition) is 1. The number of hydrogen-bond acceptors (Lipinski definition) is 6. The van der Waals surface area contributed by atoms with Crippen LogP contribution < -0.4 is 0 Å². The van der Waals surface area contributed by atoms with Crippen molar-refractivity contribution in [3.63, 3.8) is 0 Å². The summed E-state index contributed by atoms with van der Waals surface area (Å²) in [4.78, 5) is 26.1. The normalized spacial score (nSPS) is 10.6. The molecular weight excluding hydrogens is 296 g/mol. The summed E-state index contributed by atoms with van der Waals surface area (Å²) in [5.74, 6) is -0.571. The highest BCUT2D eigenvalue weighted by Gasteiger charge is 2.21. The highest BCUT2D eigenvalue weighted by molar-refractivity contribution is 7.99. The molecule has 2 rings (SSSR count). The maximum atomic E-state index is 11.1. The summed E-state index contributed by atoms with van der Waals surface area (Å²) in [5, 5.41) is 20.4. The molecule has 0 aliphatic carbocycles. The molecule has 0 bridgehead atoms. The number of rotatable bonds is 4. The average molecular weight is 308 g/mol. The van der Waals surface area contributed by atoms with Crippen LogP contribution in [0.2, 0.25) is 0 Å². The Labute approximate surface area is 124 Å². The van der Waals surface area contributed by atoms with Gasteiger partial charge in [-0.2, -0.15) is 0 Å². The number of benzene rings is 1. The van der Waals surface area contributed by atoms with Crippen LogP contribution in [0.1, 0.15) is 27.4 Å². The largest absolute Gasteiger partial charge is 0.478 e. The molecular formula is C13H12N2O5S. The Balaban J connectivity index is 2.51. The third-order valence-corrected chi connectivity index (χ3v) is 3.98. The fourth-order valence-corrected chi connectivity index (χ4v) is 2.65. The minimum atomic E-state index is -1.22. The zero-order valence-corrected chi connectivity index (χ0v) is 12.4. The van der Waals surface area contributed by atoms with Crippen molar-refractivity contribution in [3.8, 4) is 0 Å². The highest BCUT2D eigenvalue weighted by Crippen LogP contribution is 2.35. The van der Waals surface area contributed by atoms with E-state index < -0.39 is 10.9 Å². The lowest BCUT2D eigenvalue weighted by Gasteiger charge is -2.05. The Hall–Kier alpha value is -2.35. The summed E-state index contributed by atoms with van der Waals surface area (Å²) in [6.07, 6.45) is 0. The zero-order chi connectivity index (χ0) is 15.7. The van der Waals surface area contributed by atoms with Gasteiger partial charge in [0.15, 0.2) is 0 Å². The number of aryl methyl sites for hydroxylation is 2. The number of oxazole rings is 1. The second kappa shape index (κ2) is 5.57. The van der Waals surface area contributed by atoms with E-state index in [4.69, 9.17) is 9.52 Å². The SMILES string of the molecule is Cc1nc(Sc2cc(C(=O)O)cc([N+](=O)[O-])c2C)oc1C. The molecule has 1 N–H and O–H groups in total. The summed E-state index contributed by atoms with van der Waals surface area (Å²) in [6.45, 7) is 5.11. The molecule has 0 spiro atoms. The molecule has 0 aliphatic rings. The van der Waals surface area contributed by atoms with E-state index in [1.165, 1.54) is 6.07 Å². The monoisotopic (exact) mass is 308 g/mol. The number of carboxylic acids is 1. The fraction of sp³-hybridized carbons (Fsp3) is 0.231. The predicted molar refractivity (Wildman–Crippen MR) is 74.9 cm³/mol. The van der Waals surface area contributed by atoms with E-state index in [0.29, 0.717) is 21.4 Å². The molecule has 0 unspecified atom stereocenters. The maximum Gasteiger partial charge on any atom is 0.335 e.